The predicted octanol–water partition coefficient (Wildman–Crippen LogP) is 1.54. The first kappa shape index (κ1) is 11.2. The van der Waals surface area contributed by atoms with Crippen LogP contribution in [-0.4, -0.2) is 24.5 Å². The fourth-order valence-corrected chi connectivity index (χ4v) is 1.14. The van der Waals surface area contributed by atoms with Crippen molar-refractivity contribution in [2.45, 2.75) is 6.92 Å². The van der Waals surface area contributed by atoms with Crippen molar-refractivity contribution >= 4 is 5.97 Å². The monoisotopic (exact) mass is 208 g/mol. The van der Waals surface area contributed by atoms with Gasteiger partial charge in [0, 0.05) is 13.2 Å². The lowest BCUT2D eigenvalue weighted by Gasteiger charge is -2.19. The number of hydrogen-bond acceptors (Lipinski definition) is 5. The molecule has 1 aliphatic heterocycles. The molecule has 0 N–H and O–H groups in total. The molecule has 0 radical (unpaired) electrons. The Kier molecular flexibility index (Phi) is 3.79. The third kappa shape index (κ3) is 2.77. The maximum atomic E-state index is 11.3. The Balaban J connectivity index is 2.79. The Morgan fingerprint density at radius 3 is 2.87 bits per heavy atom. The molecule has 0 bridgehead atoms. The average Bonchev–Trinajstić information content (AvgIpc) is 2.21. The molecule has 0 aromatic rings. The highest BCUT2D eigenvalue weighted by molar-refractivity contribution is 5.92. The van der Waals surface area contributed by atoms with Gasteiger partial charge in [0.05, 0.1) is 24.1 Å². The van der Waals surface area contributed by atoms with Gasteiger partial charge in [-0.05, 0) is 24.3 Å². The van der Waals surface area contributed by atoms with Crippen molar-refractivity contribution in [3.8, 4) is 0 Å². The van der Waals surface area contributed by atoms with E-state index in [4.69, 9.17) is 4.74 Å². The number of nitroso groups, excluding NO2 is 1. The van der Waals surface area contributed by atoms with Crippen LogP contribution in [0.2, 0.25) is 0 Å². The Morgan fingerprint density at radius 2 is 2.33 bits per heavy atom. The standard InChI is InChI=1S/C10H12N2O3/c1-3-15-10(13)8-4-5-9(6-11-14)12(2)7-8/h4-7H,3H2,1-2H3. The molecule has 0 aromatic heterocycles. The number of carbonyl (C=O) groups is 1. The number of ether oxygens (including phenoxy) is 1. The summed E-state index contributed by atoms with van der Waals surface area (Å²) in [5, 5.41) is 2.67. The van der Waals surface area contributed by atoms with Crippen molar-refractivity contribution in [3.05, 3.63) is 40.7 Å². The minimum Gasteiger partial charge on any atom is -0.462 e. The van der Waals surface area contributed by atoms with Crippen molar-refractivity contribution in [2.75, 3.05) is 13.7 Å². The maximum Gasteiger partial charge on any atom is 0.339 e. The molecule has 5 heteroatoms. The first-order valence-corrected chi connectivity index (χ1v) is 4.51. The molecule has 0 atom stereocenters. The largest absolute Gasteiger partial charge is 0.462 e. The average molecular weight is 208 g/mol. The fourth-order valence-electron chi connectivity index (χ4n) is 1.14. The van der Waals surface area contributed by atoms with Crippen LogP contribution in [0.1, 0.15) is 6.92 Å². The lowest BCUT2D eigenvalue weighted by atomic mass is 10.2. The van der Waals surface area contributed by atoms with Gasteiger partial charge in [0.15, 0.2) is 0 Å². The predicted molar refractivity (Wildman–Crippen MR) is 55.5 cm³/mol. The molecule has 80 valence electrons. The fraction of sp³-hybridized carbons (Fsp3) is 0.300. The Morgan fingerprint density at radius 1 is 1.60 bits per heavy atom. The summed E-state index contributed by atoms with van der Waals surface area (Å²) in [6.45, 7) is 2.09. The lowest BCUT2D eigenvalue weighted by molar-refractivity contribution is -0.138. The summed E-state index contributed by atoms with van der Waals surface area (Å²) in [5.74, 6) is -0.376. The van der Waals surface area contributed by atoms with E-state index in [1.54, 1.807) is 37.2 Å². The summed E-state index contributed by atoms with van der Waals surface area (Å²) < 4.78 is 4.84. The molecule has 0 saturated heterocycles. The van der Waals surface area contributed by atoms with E-state index >= 15 is 0 Å². The number of likely N-dealkylation sites (N-methyl/N-ethyl adjacent to an activating group) is 1. The summed E-state index contributed by atoms with van der Waals surface area (Å²) in [7, 11) is 1.72. The van der Waals surface area contributed by atoms with Crippen molar-refractivity contribution in [1.82, 2.24) is 4.90 Å². The van der Waals surface area contributed by atoms with E-state index in [-0.39, 0.29) is 5.97 Å². The second kappa shape index (κ2) is 5.09. The van der Waals surface area contributed by atoms with Crippen molar-refractivity contribution < 1.29 is 9.53 Å². The summed E-state index contributed by atoms with van der Waals surface area (Å²) >= 11 is 0. The summed E-state index contributed by atoms with van der Waals surface area (Å²) in [6, 6.07) is 0. The van der Waals surface area contributed by atoms with Gasteiger partial charge in [0.2, 0.25) is 0 Å². The van der Waals surface area contributed by atoms with Gasteiger partial charge in [-0.2, -0.15) is 0 Å². The molecule has 0 fully saturated rings. The molecule has 0 spiro atoms. The van der Waals surface area contributed by atoms with Gasteiger partial charge >= 0.3 is 5.97 Å². The van der Waals surface area contributed by atoms with Crippen LogP contribution in [0.4, 0.5) is 0 Å². The zero-order chi connectivity index (χ0) is 11.3. The zero-order valence-electron chi connectivity index (χ0n) is 8.64. The minimum absolute atomic E-state index is 0.340. The van der Waals surface area contributed by atoms with E-state index in [9.17, 15) is 9.70 Å². The smallest absolute Gasteiger partial charge is 0.339 e. The molecule has 1 aliphatic rings. The third-order valence-corrected chi connectivity index (χ3v) is 1.87. The molecule has 1 heterocycles. The number of esters is 1. The van der Waals surface area contributed by atoms with Crippen molar-refractivity contribution in [3.63, 3.8) is 0 Å². The molecule has 0 unspecified atom stereocenters. The second-order valence-electron chi connectivity index (χ2n) is 2.91. The van der Waals surface area contributed by atoms with E-state index in [0.29, 0.717) is 17.9 Å². The first-order chi connectivity index (χ1) is 7.19. The molecule has 15 heavy (non-hydrogen) atoms. The normalized spacial score (nSPS) is 17.6. The van der Waals surface area contributed by atoms with E-state index in [1.165, 1.54) is 6.20 Å². The van der Waals surface area contributed by atoms with Gasteiger partial charge in [0.1, 0.15) is 0 Å². The van der Waals surface area contributed by atoms with Crippen LogP contribution >= 0.6 is 0 Å². The molecule has 0 aliphatic carbocycles. The second-order valence-corrected chi connectivity index (χ2v) is 2.91. The first-order valence-electron chi connectivity index (χ1n) is 4.51. The van der Waals surface area contributed by atoms with Crippen molar-refractivity contribution in [2.24, 2.45) is 5.18 Å². The van der Waals surface area contributed by atoms with E-state index in [1.807, 2.05) is 0 Å². The molecule has 0 aromatic carbocycles. The number of carbonyl (C=O) groups excluding carboxylic acids is 1. The quantitative estimate of drug-likeness (QED) is 0.521. The zero-order valence-corrected chi connectivity index (χ0v) is 8.64. The lowest BCUT2D eigenvalue weighted by Crippen LogP contribution is -2.17. The molecular weight excluding hydrogens is 196 g/mol. The molecular formula is C10H12N2O3. The summed E-state index contributed by atoms with van der Waals surface area (Å²) in [5.41, 5.74) is 1.07. The van der Waals surface area contributed by atoms with Crippen LogP contribution in [0.3, 0.4) is 0 Å². The third-order valence-electron chi connectivity index (χ3n) is 1.87. The molecule has 1 rings (SSSR count). The van der Waals surface area contributed by atoms with Crippen molar-refractivity contribution in [1.29, 1.82) is 0 Å². The topological polar surface area (TPSA) is 59.0 Å². The SMILES string of the molecule is CCOC(=O)C1=CN(C)C(=CN=O)C=C1. The molecule has 0 saturated carbocycles. The van der Waals surface area contributed by atoms with Gasteiger partial charge in [0.25, 0.3) is 0 Å². The Hall–Kier alpha value is -1.91. The number of nitrogens with zero attached hydrogens (tertiary/aromatic N) is 2. The number of allylic oxidation sites excluding steroid dienone is 1. The Bertz CT molecular complexity index is 356. The van der Waals surface area contributed by atoms with Gasteiger partial charge in [-0.25, -0.2) is 4.79 Å². The Labute approximate surface area is 87.7 Å². The highest BCUT2D eigenvalue weighted by Crippen LogP contribution is 2.15. The number of rotatable bonds is 3. The van der Waals surface area contributed by atoms with Gasteiger partial charge in [-0.3, -0.25) is 0 Å². The van der Waals surface area contributed by atoms with Crippen LogP contribution in [-0.2, 0) is 9.53 Å². The van der Waals surface area contributed by atoms with Crippen LogP contribution in [0.15, 0.2) is 41.0 Å². The van der Waals surface area contributed by atoms with Gasteiger partial charge in [-0.1, -0.05) is 0 Å². The summed E-state index contributed by atoms with van der Waals surface area (Å²) in [4.78, 5) is 23.0. The highest BCUT2D eigenvalue weighted by atomic mass is 16.5. The van der Waals surface area contributed by atoms with E-state index < -0.39 is 0 Å². The number of hydrogen-bond donors (Lipinski definition) is 0. The van der Waals surface area contributed by atoms with Crippen LogP contribution in [0, 0.1) is 4.91 Å². The maximum absolute atomic E-state index is 11.3. The van der Waals surface area contributed by atoms with Crippen LogP contribution in [0.5, 0.6) is 0 Å². The van der Waals surface area contributed by atoms with E-state index in [0.717, 1.165) is 0 Å². The van der Waals surface area contributed by atoms with Gasteiger partial charge < -0.3 is 9.64 Å². The minimum atomic E-state index is -0.376. The van der Waals surface area contributed by atoms with Crippen LogP contribution in [0.25, 0.3) is 0 Å². The molecule has 0 amide bonds. The van der Waals surface area contributed by atoms with Crippen LogP contribution < -0.4 is 0 Å². The van der Waals surface area contributed by atoms with Gasteiger partial charge in [-0.15, -0.1) is 4.91 Å². The molecule has 5 nitrogen and oxygen atoms in total. The highest BCUT2D eigenvalue weighted by Gasteiger charge is 2.13. The van der Waals surface area contributed by atoms with E-state index in [2.05, 4.69) is 5.18 Å². The summed E-state index contributed by atoms with van der Waals surface area (Å²) in [6.07, 6.45) is 5.99.